The number of pyridine rings is 2. The summed E-state index contributed by atoms with van der Waals surface area (Å²) in [5.41, 5.74) is -2.02. The molecule has 1 amide bonds. The predicted octanol–water partition coefficient (Wildman–Crippen LogP) is 4.49. The fraction of sp³-hybridized carbons (Fsp3) is 0.300. The van der Waals surface area contributed by atoms with Crippen LogP contribution in [0.3, 0.4) is 0 Å². The summed E-state index contributed by atoms with van der Waals surface area (Å²) in [6.45, 7) is -0.157. The van der Waals surface area contributed by atoms with E-state index in [1.54, 1.807) is 0 Å². The smallest absolute Gasteiger partial charge is 0.394 e. The Kier molecular flexibility index (Phi) is 6.23. The average molecular weight is 485 g/mol. The molecule has 3 aromatic heterocycles. The SMILES string of the molecule is O=C(NSc1cccc(F)n1)c1ccc(-n2ccc(OCCC3(C(F)(F)F)CC3)n2)nc1F. The van der Waals surface area contributed by atoms with Crippen LogP contribution in [-0.2, 0) is 0 Å². The number of nitrogens with zero attached hydrogens (tertiary/aromatic N) is 4. The predicted molar refractivity (Wildman–Crippen MR) is 107 cm³/mol. The van der Waals surface area contributed by atoms with E-state index < -0.39 is 29.4 Å². The molecule has 4 rings (SSSR count). The maximum absolute atomic E-state index is 14.4. The van der Waals surface area contributed by atoms with Gasteiger partial charge in [-0.2, -0.15) is 26.9 Å². The molecule has 0 aliphatic heterocycles. The molecule has 3 heterocycles. The van der Waals surface area contributed by atoms with Gasteiger partial charge in [0.15, 0.2) is 5.82 Å². The molecule has 3 aromatic rings. The topological polar surface area (TPSA) is 81.9 Å². The summed E-state index contributed by atoms with van der Waals surface area (Å²) < 4.78 is 75.2. The zero-order valence-electron chi connectivity index (χ0n) is 16.8. The van der Waals surface area contributed by atoms with Crippen molar-refractivity contribution in [3.63, 3.8) is 0 Å². The Morgan fingerprint density at radius 2 is 1.94 bits per heavy atom. The van der Waals surface area contributed by atoms with Crippen LogP contribution < -0.4 is 9.46 Å². The van der Waals surface area contributed by atoms with Crippen molar-refractivity contribution < 1.29 is 31.5 Å². The van der Waals surface area contributed by atoms with Crippen molar-refractivity contribution in [2.45, 2.75) is 30.5 Å². The number of hydrogen-bond donors (Lipinski definition) is 1. The minimum absolute atomic E-state index is 0.0345. The van der Waals surface area contributed by atoms with E-state index in [4.69, 9.17) is 4.74 Å². The molecule has 1 aliphatic rings. The van der Waals surface area contributed by atoms with Crippen molar-refractivity contribution in [3.05, 3.63) is 60.1 Å². The second-order valence-corrected chi connectivity index (χ2v) is 8.14. The Bertz CT molecular complexity index is 1170. The van der Waals surface area contributed by atoms with Crippen LogP contribution in [0.4, 0.5) is 22.0 Å². The summed E-state index contributed by atoms with van der Waals surface area (Å²) >= 11 is 0.716. The second-order valence-electron chi connectivity index (χ2n) is 7.31. The van der Waals surface area contributed by atoms with Gasteiger partial charge in [-0.1, -0.05) is 6.07 Å². The molecule has 0 saturated heterocycles. The van der Waals surface area contributed by atoms with E-state index in [0.717, 1.165) is 6.07 Å². The molecular formula is C20H16F5N5O2S. The highest BCUT2D eigenvalue weighted by molar-refractivity contribution is 7.97. The zero-order chi connectivity index (χ0) is 23.6. The normalized spacial score (nSPS) is 14.7. The summed E-state index contributed by atoms with van der Waals surface area (Å²) in [5, 5.41) is 4.20. The van der Waals surface area contributed by atoms with Gasteiger partial charge in [-0.25, -0.2) is 9.67 Å². The van der Waals surface area contributed by atoms with Gasteiger partial charge in [0.25, 0.3) is 5.91 Å². The molecule has 0 bridgehead atoms. The highest BCUT2D eigenvalue weighted by Crippen LogP contribution is 2.59. The van der Waals surface area contributed by atoms with Gasteiger partial charge >= 0.3 is 6.18 Å². The third-order valence-electron chi connectivity index (χ3n) is 5.10. The Hall–Kier alpha value is -3.22. The van der Waals surface area contributed by atoms with Gasteiger partial charge < -0.3 is 4.74 Å². The summed E-state index contributed by atoms with van der Waals surface area (Å²) in [5.74, 6) is -2.49. The third-order valence-corrected chi connectivity index (χ3v) is 5.83. The Balaban J connectivity index is 1.35. The van der Waals surface area contributed by atoms with E-state index in [9.17, 15) is 26.7 Å². The van der Waals surface area contributed by atoms with Crippen LogP contribution in [0.15, 0.2) is 47.6 Å². The first kappa shape index (κ1) is 23.0. The zero-order valence-corrected chi connectivity index (χ0v) is 17.6. The molecule has 1 saturated carbocycles. The minimum atomic E-state index is -4.25. The van der Waals surface area contributed by atoms with Gasteiger partial charge in [0.05, 0.1) is 17.6 Å². The first-order chi connectivity index (χ1) is 15.7. The number of aromatic nitrogens is 4. The first-order valence-corrected chi connectivity index (χ1v) is 10.5. The summed E-state index contributed by atoms with van der Waals surface area (Å²) in [6.07, 6.45) is -2.83. The highest BCUT2D eigenvalue weighted by atomic mass is 32.2. The Labute approximate surface area is 188 Å². The number of nitrogens with one attached hydrogen (secondary N) is 1. The monoisotopic (exact) mass is 485 g/mol. The molecule has 0 aromatic carbocycles. The van der Waals surface area contributed by atoms with Crippen LogP contribution >= 0.6 is 11.9 Å². The maximum Gasteiger partial charge on any atom is 0.394 e. The van der Waals surface area contributed by atoms with E-state index in [1.165, 1.54) is 41.2 Å². The lowest BCUT2D eigenvalue weighted by molar-refractivity contribution is -0.190. The van der Waals surface area contributed by atoms with E-state index in [-0.39, 0.29) is 48.2 Å². The third kappa shape index (κ3) is 5.24. The highest BCUT2D eigenvalue weighted by Gasteiger charge is 2.62. The summed E-state index contributed by atoms with van der Waals surface area (Å²) in [7, 11) is 0. The molecule has 0 atom stereocenters. The standard InChI is InChI=1S/C20H16F5N5O2S/c21-13-2-1-3-16(26-13)33-29-18(31)12-4-5-14(27-17(12)22)30-10-6-15(28-30)32-11-9-19(7-8-19)20(23,24)25/h1-6,10H,7-9,11H2,(H,29,31). The van der Waals surface area contributed by atoms with E-state index >= 15 is 0 Å². The van der Waals surface area contributed by atoms with Crippen LogP contribution in [0.2, 0.25) is 0 Å². The summed E-state index contributed by atoms with van der Waals surface area (Å²) in [4.78, 5) is 19.4. The number of amides is 1. The minimum Gasteiger partial charge on any atom is -0.477 e. The van der Waals surface area contributed by atoms with Crippen molar-refractivity contribution in [1.82, 2.24) is 24.5 Å². The van der Waals surface area contributed by atoms with Crippen molar-refractivity contribution in [2.75, 3.05) is 6.61 Å². The molecular weight excluding hydrogens is 469 g/mol. The van der Waals surface area contributed by atoms with E-state index in [2.05, 4.69) is 19.8 Å². The number of carbonyl (C=O) groups is 1. The van der Waals surface area contributed by atoms with E-state index in [0.29, 0.717) is 11.9 Å². The van der Waals surface area contributed by atoms with Crippen LogP contribution in [0.25, 0.3) is 5.82 Å². The molecule has 7 nitrogen and oxygen atoms in total. The molecule has 13 heteroatoms. The van der Waals surface area contributed by atoms with Crippen molar-refractivity contribution in [3.8, 4) is 11.7 Å². The number of carbonyl (C=O) groups excluding carboxylic acids is 1. The van der Waals surface area contributed by atoms with Gasteiger partial charge in [0.2, 0.25) is 17.8 Å². The molecule has 0 unspecified atom stereocenters. The Morgan fingerprint density at radius 1 is 1.15 bits per heavy atom. The van der Waals surface area contributed by atoms with Gasteiger partial charge in [0.1, 0.15) is 5.03 Å². The van der Waals surface area contributed by atoms with Crippen molar-refractivity contribution in [2.24, 2.45) is 5.41 Å². The molecule has 0 radical (unpaired) electrons. The largest absolute Gasteiger partial charge is 0.477 e. The molecule has 0 spiro atoms. The van der Waals surface area contributed by atoms with Crippen LogP contribution in [0, 0.1) is 17.3 Å². The number of rotatable bonds is 8. The Morgan fingerprint density at radius 3 is 2.61 bits per heavy atom. The molecule has 174 valence electrons. The fourth-order valence-electron chi connectivity index (χ4n) is 3.01. The van der Waals surface area contributed by atoms with Gasteiger partial charge in [-0.15, -0.1) is 5.10 Å². The number of ether oxygens (including phenoxy) is 1. The number of alkyl halides is 3. The van der Waals surface area contributed by atoms with Gasteiger partial charge in [-0.05, 0) is 43.5 Å². The van der Waals surface area contributed by atoms with Crippen molar-refractivity contribution in [1.29, 1.82) is 0 Å². The molecule has 1 aliphatic carbocycles. The number of halogens is 5. The van der Waals surface area contributed by atoms with Gasteiger partial charge in [-0.3, -0.25) is 9.52 Å². The first-order valence-electron chi connectivity index (χ1n) is 9.69. The maximum atomic E-state index is 14.4. The van der Waals surface area contributed by atoms with Crippen LogP contribution in [0.5, 0.6) is 5.88 Å². The number of hydrogen-bond acceptors (Lipinski definition) is 6. The average Bonchev–Trinajstić information content (AvgIpc) is 3.42. The fourth-order valence-corrected chi connectivity index (χ4v) is 3.60. The van der Waals surface area contributed by atoms with Crippen molar-refractivity contribution >= 4 is 17.9 Å². The molecule has 33 heavy (non-hydrogen) atoms. The molecule has 1 N–H and O–H groups in total. The lowest BCUT2D eigenvalue weighted by Crippen LogP contribution is -2.26. The van der Waals surface area contributed by atoms with Gasteiger partial charge in [0, 0.05) is 24.2 Å². The lowest BCUT2D eigenvalue weighted by atomic mass is 10.0. The summed E-state index contributed by atoms with van der Waals surface area (Å²) in [6, 6.07) is 7.96. The molecule has 1 fully saturated rings. The lowest BCUT2D eigenvalue weighted by Gasteiger charge is -2.18. The quantitative estimate of drug-likeness (QED) is 0.288. The van der Waals surface area contributed by atoms with Crippen LogP contribution in [0.1, 0.15) is 29.6 Å². The van der Waals surface area contributed by atoms with Crippen LogP contribution in [-0.4, -0.2) is 38.4 Å². The second kappa shape index (κ2) is 8.96. The van der Waals surface area contributed by atoms with E-state index in [1.807, 2.05) is 0 Å².